The van der Waals surface area contributed by atoms with Gasteiger partial charge in [-0.1, -0.05) is 25.4 Å². The minimum atomic E-state index is -0.0657. The molecule has 5 heteroatoms. The lowest BCUT2D eigenvalue weighted by atomic mass is 10.1. The number of amides is 1. The fraction of sp³-hybridized carbons (Fsp3) is 0.444. The molecule has 0 aromatic carbocycles. The van der Waals surface area contributed by atoms with E-state index in [1.54, 1.807) is 0 Å². The van der Waals surface area contributed by atoms with Crippen LogP contribution in [0.2, 0.25) is 5.15 Å². The van der Waals surface area contributed by atoms with Gasteiger partial charge in [-0.15, -0.1) is 0 Å². The summed E-state index contributed by atoms with van der Waals surface area (Å²) in [6, 6.07) is 0. The maximum absolute atomic E-state index is 11.4. The van der Waals surface area contributed by atoms with Crippen molar-refractivity contribution in [1.29, 1.82) is 0 Å². The number of aromatic nitrogens is 2. The zero-order valence-electron chi connectivity index (χ0n) is 8.12. The van der Waals surface area contributed by atoms with Crippen molar-refractivity contribution in [2.75, 3.05) is 5.32 Å². The van der Waals surface area contributed by atoms with Gasteiger partial charge < -0.3 is 5.32 Å². The zero-order valence-corrected chi connectivity index (χ0v) is 8.88. The van der Waals surface area contributed by atoms with Gasteiger partial charge >= 0.3 is 0 Å². The predicted octanol–water partition coefficient (Wildman–Crippen LogP) is 2.11. The van der Waals surface area contributed by atoms with Crippen molar-refractivity contribution in [3.63, 3.8) is 0 Å². The fourth-order valence-corrected chi connectivity index (χ4v) is 0.985. The molecule has 0 fully saturated rings. The van der Waals surface area contributed by atoms with E-state index >= 15 is 0 Å². The highest BCUT2D eigenvalue weighted by Crippen LogP contribution is 2.09. The van der Waals surface area contributed by atoms with Crippen molar-refractivity contribution in [1.82, 2.24) is 9.97 Å². The van der Waals surface area contributed by atoms with Gasteiger partial charge in [0.2, 0.25) is 5.91 Å². The number of carbonyl (C=O) groups is 1. The first kappa shape index (κ1) is 10.9. The Morgan fingerprint density at radius 2 is 2.36 bits per heavy atom. The molecule has 1 amide bonds. The van der Waals surface area contributed by atoms with Gasteiger partial charge in [-0.25, -0.2) is 4.98 Å². The van der Waals surface area contributed by atoms with Gasteiger partial charge in [-0.3, -0.25) is 9.78 Å². The van der Waals surface area contributed by atoms with Gasteiger partial charge in [0.05, 0.1) is 12.4 Å². The number of nitrogens with one attached hydrogen (secondary N) is 1. The smallest absolute Gasteiger partial charge is 0.228 e. The van der Waals surface area contributed by atoms with E-state index in [1.807, 2.05) is 13.8 Å². The van der Waals surface area contributed by atoms with Gasteiger partial charge in [0.1, 0.15) is 5.15 Å². The standard InChI is InChI=1S/C9H12ClN3O/c1-3-6(2)9(14)13-8-5-11-4-7(10)12-8/h4-6H,3H2,1-2H3,(H,12,13,14). The third-order valence-corrected chi connectivity index (χ3v) is 2.10. The summed E-state index contributed by atoms with van der Waals surface area (Å²) in [7, 11) is 0. The van der Waals surface area contributed by atoms with Crippen LogP contribution >= 0.6 is 11.6 Å². The summed E-state index contributed by atoms with van der Waals surface area (Å²) in [4.78, 5) is 19.1. The summed E-state index contributed by atoms with van der Waals surface area (Å²) in [5.41, 5.74) is 0. The summed E-state index contributed by atoms with van der Waals surface area (Å²) in [5.74, 6) is 0.294. The van der Waals surface area contributed by atoms with Crippen LogP contribution in [-0.4, -0.2) is 15.9 Å². The normalized spacial score (nSPS) is 12.2. The van der Waals surface area contributed by atoms with Crippen LogP contribution in [0.5, 0.6) is 0 Å². The Labute approximate surface area is 87.7 Å². The third-order valence-electron chi connectivity index (χ3n) is 1.92. The third kappa shape index (κ3) is 2.96. The predicted molar refractivity (Wildman–Crippen MR) is 55.1 cm³/mol. The first-order valence-corrected chi connectivity index (χ1v) is 4.79. The van der Waals surface area contributed by atoms with Crippen molar-refractivity contribution in [3.8, 4) is 0 Å². The summed E-state index contributed by atoms with van der Waals surface area (Å²) >= 11 is 5.62. The first-order valence-electron chi connectivity index (χ1n) is 4.42. The average molecular weight is 214 g/mol. The molecule has 1 aromatic rings. The second-order valence-electron chi connectivity index (χ2n) is 3.03. The van der Waals surface area contributed by atoms with E-state index in [1.165, 1.54) is 12.4 Å². The van der Waals surface area contributed by atoms with Crippen LogP contribution in [0, 0.1) is 5.92 Å². The van der Waals surface area contributed by atoms with E-state index in [2.05, 4.69) is 15.3 Å². The highest BCUT2D eigenvalue weighted by atomic mass is 35.5. The van der Waals surface area contributed by atoms with Crippen molar-refractivity contribution < 1.29 is 4.79 Å². The lowest BCUT2D eigenvalue weighted by Gasteiger charge is -2.08. The lowest BCUT2D eigenvalue weighted by molar-refractivity contribution is -0.119. The molecule has 4 nitrogen and oxygen atoms in total. The van der Waals surface area contributed by atoms with E-state index in [9.17, 15) is 4.79 Å². The Morgan fingerprint density at radius 3 is 2.93 bits per heavy atom. The van der Waals surface area contributed by atoms with Crippen LogP contribution in [0.4, 0.5) is 5.82 Å². The Balaban J connectivity index is 2.65. The van der Waals surface area contributed by atoms with Gasteiger partial charge in [0.15, 0.2) is 5.82 Å². The summed E-state index contributed by atoms with van der Waals surface area (Å²) in [5, 5.41) is 2.91. The second kappa shape index (κ2) is 4.91. The fourth-order valence-electron chi connectivity index (χ4n) is 0.837. The minimum absolute atomic E-state index is 0.0317. The molecule has 0 spiro atoms. The minimum Gasteiger partial charge on any atom is -0.309 e. The van der Waals surface area contributed by atoms with E-state index in [4.69, 9.17) is 11.6 Å². The number of carbonyl (C=O) groups excluding carboxylic acids is 1. The topological polar surface area (TPSA) is 54.9 Å². The summed E-state index contributed by atoms with van der Waals surface area (Å²) in [6.07, 6.45) is 3.67. The highest BCUT2D eigenvalue weighted by Gasteiger charge is 2.11. The van der Waals surface area contributed by atoms with E-state index in [0.717, 1.165) is 6.42 Å². The van der Waals surface area contributed by atoms with Crippen molar-refractivity contribution in [3.05, 3.63) is 17.5 Å². The van der Waals surface area contributed by atoms with E-state index < -0.39 is 0 Å². The molecule has 76 valence electrons. The number of anilines is 1. The van der Waals surface area contributed by atoms with Crippen LogP contribution in [0.1, 0.15) is 20.3 Å². The molecular weight excluding hydrogens is 202 g/mol. The van der Waals surface area contributed by atoms with Crippen LogP contribution in [0.15, 0.2) is 12.4 Å². The Morgan fingerprint density at radius 1 is 1.64 bits per heavy atom. The van der Waals surface area contributed by atoms with Crippen molar-refractivity contribution in [2.24, 2.45) is 5.92 Å². The van der Waals surface area contributed by atoms with Gasteiger partial charge in [0.25, 0.3) is 0 Å². The molecule has 1 atom stereocenters. The molecule has 0 aliphatic carbocycles. The molecule has 14 heavy (non-hydrogen) atoms. The van der Waals surface area contributed by atoms with Gasteiger partial charge in [-0.2, -0.15) is 0 Å². The van der Waals surface area contributed by atoms with Crippen LogP contribution < -0.4 is 5.32 Å². The molecule has 0 radical (unpaired) electrons. The number of nitrogens with zero attached hydrogens (tertiary/aromatic N) is 2. The monoisotopic (exact) mass is 213 g/mol. The highest BCUT2D eigenvalue weighted by molar-refractivity contribution is 6.29. The van der Waals surface area contributed by atoms with Crippen LogP contribution in [0.3, 0.4) is 0 Å². The largest absolute Gasteiger partial charge is 0.309 e. The zero-order chi connectivity index (χ0) is 10.6. The molecule has 1 rings (SSSR count). The number of hydrogen-bond donors (Lipinski definition) is 1. The second-order valence-corrected chi connectivity index (χ2v) is 3.41. The van der Waals surface area contributed by atoms with E-state index in [0.29, 0.717) is 5.82 Å². The lowest BCUT2D eigenvalue weighted by Crippen LogP contribution is -2.20. The van der Waals surface area contributed by atoms with Crippen molar-refractivity contribution >= 4 is 23.3 Å². The molecule has 0 saturated carbocycles. The molecule has 0 bridgehead atoms. The van der Waals surface area contributed by atoms with Gasteiger partial charge in [-0.05, 0) is 6.42 Å². The van der Waals surface area contributed by atoms with Crippen LogP contribution in [-0.2, 0) is 4.79 Å². The Bertz CT molecular complexity index is 330. The average Bonchev–Trinajstić information content (AvgIpc) is 2.16. The Hall–Kier alpha value is -1.16. The molecular formula is C9H12ClN3O. The quantitative estimate of drug-likeness (QED) is 0.837. The van der Waals surface area contributed by atoms with Crippen molar-refractivity contribution in [2.45, 2.75) is 20.3 Å². The Kier molecular flexibility index (Phi) is 3.83. The molecule has 1 heterocycles. The molecule has 1 unspecified atom stereocenters. The molecule has 1 aromatic heterocycles. The number of rotatable bonds is 3. The van der Waals surface area contributed by atoms with Gasteiger partial charge in [0, 0.05) is 5.92 Å². The number of hydrogen-bond acceptors (Lipinski definition) is 3. The summed E-state index contributed by atoms with van der Waals surface area (Å²) < 4.78 is 0. The molecule has 0 aliphatic rings. The van der Waals surface area contributed by atoms with Crippen LogP contribution in [0.25, 0.3) is 0 Å². The molecule has 0 saturated heterocycles. The summed E-state index contributed by atoms with van der Waals surface area (Å²) in [6.45, 7) is 3.81. The first-order chi connectivity index (χ1) is 6.63. The maximum atomic E-state index is 11.4. The van der Waals surface area contributed by atoms with E-state index in [-0.39, 0.29) is 17.0 Å². The molecule has 0 aliphatic heterocycles. The number of halogens is 1. The maximum Gasteiger partial charge on any atom is 0.228 e. The molecule has 1 N–H and O–H groups in total. The SMILES string of the molecule is CCC(C)C(=O)Nc1cncc(Cl)n1.